The standard InChI is InChI=1S/C12H10ClFN2O/c1-6-15-9-4-2-3-7(13)11(9)12(17)16(6)10-5-8(10)14/h2-4,8,10H,5H2,1H3/t8-,10+/m0/s1. The average Bonchev–Trinajstić information content (AvgIpc) is 2.94. The Kier molecular flexibility index (Phi) is 2.23. The molecule has 1 saturated carbocycles. The van der Waals surface area contributed by atoms with Gasteiger partial charge in [0, 0.05) is 6.42 Å². The lowest BCUT2D eigenvalue weighted by molar-refractivity contribution is 0.434. The first-order chi connectivity index (χ1) is 8.09. The summed E-state index contributed by atoms with van der Waals surface area (Å²) >= 11 is 6.00. The molecule has 0 aliphatic heterocycles. The second-order valence-electron chi connectivity index (χ2n) is 4.29. The van der Waals surface area contributed by atoms with Crippen molar-refractivity contribution in [1.82, 2.24) is 9.55 Å². The Labute approximate surface area is 102 Å². The molecule has 3 nitrogen and oxygen atoms in total. The number of alkyl halides is 1. The van der Waals surface area contributed by atoms with Crippen LogP contribution in [0.2, 0.25) is 5.02 Å². The van der Waals surface area contributed by atoms with E-state index in [4.69, 9.17) is 11.6 Å². The molecular formula is C12H10ClFN2O. The number of halogens is 2. The van der Waals surface area contributed by atoms with Crippen LogP contribution in [0.1, 0.15) is 18.3 Å². The highest BCUT2D eigenvalue weighted by Gasteiger charge is 2.41. The molecule has 1 aliphatic carbocycles. The van der Waals surface area contributed by atoms with E-state index in [1.165, 1.54) is 4.57 Å². The molecule has 5 heteroatoms. The van der Waals surface area contributed by atoms with E-state index < -0.39 is 6.17 Å². The van der Waals surface area contributed by atoms with Crippen LogP contribution in [0.5, 0.6) is 0 Å². The van der Waals surface area contributed by atoms with Gasteiger partial charge >= 0.3 is 0 Å². The van der Waals surface area contributed by atoms with Crippen molar-refractivity contribution in [3.05, 3.63) is 39.4 Å². The van der Waals surface area contributed by atoms with Crippen LogP contribution in [-0.4, -0.2) is 15.7 Å². The molecule has 17 heavy (non-hydrogen) atoms. The van der Waals surface area contributed by atoms with Crippen molar-refractivity contribution in [3.63, 3.8) is 0 Å². The van der Waals surface area contributed by atoms with Crippen LogP contribution in [0.4, 0.5) is 4.39 Å². The molecule has 1 aromatic heterocycles. The Morgan fingerprint density at radius 1 is 1.53 bits per heavy atom. The number of aryl methyl sites for hydroxylation is 1. The van der Waals surface area contributed by atoms with E-state index in [-0.39, 0.29) is 11.6 Å². The number of rotatable bonds is 1. The number of benzene rings is 1. The van der Waals surface area contributed by atoms with Gasteiger partial charge in [0.05, 0.1) is 22.0 Å². The first-order valence-corrected chi connectivity index (χ1v) is 5.79. The molecule has 0 bridgehead atoms. The average molecular weight is 253 g/mol. The van der Waals surface area contributed by atoms with Crippen LogP contribution < -0.4 is 5.56 Å². The summed E-state index contributed by atoms with van der Waals surface area (Å²) in [5.41, 5.74) is 0.315. The zero-order valence-electron chi connectivity index (χ0n) is 9.15. The Balaban J connectivity index is 2.38. The summed E-state index contributed by atoms with van der Waals surface area (Å²) in [5.74, 6) is 0.537. The van der Waals surface area contributed by atoms with Crippen LogP contribution in [0.3, 0.4) is 0 Å². The SMILES string of the molecule is Cc1nc2cccc(Cl)c2c(=O)n1[C@@H]1C[C@@H]1F. The maximum atomic E-state index is 13.1. The molecule has 0 amide bonds. The molecule has 2 atom stereocenters. The van der Waals surface area contributed by atoms with E-state index in [1.54, 1.807) is 25.1 Å². The number of fused-ring (bicyclic) bond motifs is 1. The largest absolute Gasteiger partial charge is 0.290 e. The van der Waals surface area contributed by atoms with Crippen molar-refractivity contribution in [3.8, 4) is 0 Å². The molecule has 1 aromatic carbocycles. The van der Waals surface area contributed by atoms with Crippen LogP contribution in [-0.2, 0) is 0 Å². The Morgan fingerprint density at radius 3 is 2.88 bits per heavy atom. The van der Waals surface area contributed by atoms with Crippen LogP contribution in [0.15, 0.2) is 23.0 Å². The molecule has 1 fully saturated rings. The van der Waals surface area contributed by atoms with Crippen molar-refractivity contribution >= 4 is 22.5 Å². The van der Waals surface area contributed by atoms with Crippen LogP contribution in [0.25, 0.3) is 10.9 Å². The van der Waals surface area contributed by atoms with Gasteiger partial charge in [-0.05, 0) is 19.1 Å². The first kappa shape index (κ1) is 10.7. The van der Waals surface area contributed by atoms with Gasteiger partial charge in [0.2, 0.25) is 0 Å². The summed E-state index contributed by atoms with van der Waals surface area (Å²) in [6.45, 7) is 1.72. The molecule has 0 radical (unpaired) electrons. The Bertz CT molecular complexity index is 667. The lowest BCUT2D eigenvalue weighted by atomic mass is 10.2. The Morgan fingerprint density at radius 2 is 2.24 bits per heavy atom. The predicted molar refractivity (Wildman–Crippen MR) is 64.3 cm³/mol. The summed E-state index contributed by atoms with van der Waals surface area (Å²) in [4.78, 5) is 16.6. The zero-order chi connectivity index (χ0) is 12.2. The van der Waals surface area contributed by atoms with Crippen molar-refractivity contribution in [1.29, 1.82) is 0 Å². The number of hydrogen-bond donors (Lipinski definition) is 0. The molecule has 0 spiro atoms. The third-order valence-electron chi connectivity index (χ3n) is 3.07. The predicted octanol–water partition coefficient (Wildman–Crippen LogP) is 2.64. The minimum absolute atomic E-state index is 0.247. The van der Waals surface area contributed by atoms with E-state index in [1.807, 2.05) is 0 Å². The summed E-state index contributed by atoms with van der Waals surface area (Å²) in [6, 6.07) is 4.76. The fourth-order valence-electron chi connectivity index (χ4n) is 2.12. The van der Waals surface area contributed by atoms with Gasteiger partial charge in [0.15, 0.2) is 0 Å². The van der Waals surface area contributed by atoms with Gasteiger partial charge in [-0.1, -0.05) is 17.7 Å². The van der Waals surface area contributed by atoms with Gasteiger partial charge < -0.3 is 0 Å². The molecule has 0 saturated heterocycles. The topological polar surface area (TPSA) is 34.9 Å². The fraction of sp³-hybridized carbons (Fsp3) is 0.333. The Hall–Kier alpha value is -1.42. The quantitative estimate of drug-likeness (QED) is 0.782. The molecule has 0 N–H and O–H groups in total. The van der Waals surface area contributed by atoms with E-state index >= 15 is 0 Å². The molecule has 2 aromatic rings. The second kappa shape index (κ2) is 3.53. The van der Waals surface area contributed by atoms with Crippen molar-refractivity contribution in [2.75, 3.05) is 0 Å². The normalized spacial score (nSPS) is 23.0. The lowest BCUT2D eigenvalue weighted by Gasteiger charge is -2.09. The molecule has 88 valence electrons. The number of aromatic nitrogens is 2. The smallest absolute Gasteiger partial charge is 0.263 e. The van der Waals surface area contributed by atoms with Crippen LogP contribution in [0, 0.1) is 6.92 Å². The highest BCUT2D eigenvalue weighted by Crippen LogP contribution is 2.38. The molecular weight excluding hydrogens is 243 g/mol. The van der Waals surface area contributed by atoms with Crippen molar-refractivity contribution in [2.24, 2.45) is 0 Å². The van der Waals surface area contributed by atoms with E-state index in [2.05, 4.69) is 4.98 Å². The molecule has 3 rings (SSSR count). The van der Waals surface area contributed by atoms with Gasteiger partial charge in [0.1, 0.15) is 12.0 Å². The van der Waals surface area contributed by atoms with Gasteiger partial charge in [-0.2, -0.15) is 0 Å². The first-order valence-electron chi connectivity index (χ1n) is 5.41. The molecule has 0 unspecified atom stereocenters. The summed E-state index contributed by atoms with van der Waals surface area (Å²) in [6.07, 6.45) is -0.550. The number of nitrogens with zero attached hydrogens (tertiary/aromatic N) is 2. The minimum atomic E-state index is -0.937. The summed E-state index contributed by atoms with van der Waals surface area (Å²) < 4.78 is 14.5. The third-order valence-corrected chi connectivity index (χ3v) is 3.38. The monoisotopic (exact) mass is 252 g/mol. The summed E-state index contributed by atoms with van der Waals surface area (Å²) in [7, 11) is 0. The van der Waals surface area contributed by atoms with Gasteiger partial charge in [0.25, 0.3) is 5.56 Å². The second-order valence-corrected chi connectivity index (χ2v) is 4.69. The molecule has 1 aliphatic rings. The number of hydrogen-bond acceptors (Lipinski definition) is 2. The van der Waals surface area contributed by atoms with Gasteiger partial charge in [-0.25, -0.2) is 9.37 Å². The minimum Gasteiger partial charge on any atom is -0.290 e. The highest BCUT2D eigenvalue weighted by atomic mass is 35.5. The lowest BCUT2D eigenvalue weighted by Crippen LogP contribution is -2.24. The maximum absolute atomic E-state index is 13.1. The van der Waals surface area contributed by atoms with Crippen molar-refractivity contribution < 1.29 is 4.39 Å². The third kappa shape index (κ3) is 1.55. The molecule has 1 heterocycles. The fourth-order valence-corrected chi connectivity index (χ4v) is 2.37. The summed E-state index contributed by atoms with van der Waals surface area (Å²) in [5, 5.41) is 0.740. The van der Waals surface area contributed by atoms with Crippen molar-refractivity contribution in [2.45, 2.75) is 25.6 Å². The van der Waals surface area contributed by atoms with E-state index in [0.717, 1.165) is 0 Å². The highest BCUT2D eigenvalue weighted by molar-refractivity contribution is 6.35. The van der Waals surface area contributed by atoms with Gasteiger partial charge in [-0.15, -0.1) is 0 Å². The maximum Gasteiger partial charge on any atom is 0.263 e. The zero-order valence-corrected chi connectivity index (χ0v) is 9.91. The van der Waals surface area contributed by atoms with Gasteiger partial charge in [-0.3, -0.25) is 9.36 Å². The van der Waals surface area contributed by atoms with E-state index in [9.17, 15) is 9.18 Å². The van der Waals surface area contributed by atoms with E-state index in [0.29, 0.717) is 28.2 Å². The van der Waals surface area contributed by atoms with Crippen LogP contribution >= 0.6 is 11.6 Å².